The average Bonchev–Trinajstić information content (AvgIpc) is 3.71. The maximum Gasteiger partial charge on any atom is 0.181 e. The number of anilines is 6. The number of imidazole rings is 2. The number of rotatable bonds is 2. The lowest BCUT2D eigenvalue weighted by Crippen LogP contribution is -2.31. The summed E-state index contributed by atoms with van der Waals surface area (Å²) in [6.45, 7) is 13.7. The molecule has 0 amide bonds. The van der Waals surface area contributed by atoms with E-state index < -0.39 is 0 Å². The van der Waals surface area contributed by atoms with E-state index in [0.29, 0.717) is 0 Å². The van der Waals surface area contributed by atoms with Gasteiger partial charge in [-0.2, -0.15) is 0 Å². The van der Waals surface area contributed by atoms with Gasteiger partial charge in [0.05, 0.1) is 45.2 Å². The molecule has 2 aliphatic heterocycles. The summed E-state index contributed by atoms with van der Waals surface area (Å²) in [5, 5.41) is 0. The van der Waals surface area contributed by atoms with E-state index in [1.807, 2.05) is 12.4 Å². The highest BCUT2D eigenvalue weighted by Gasteiger charge is 2.40. The minimum absolute atomic E-state index is 0.165. The van der Waals surface area contributed by atoms with Gasteiger partial charge < -0.3 is 9.80 Å². The topological polar surface area (TPSA) is 41.1 Å². The minimum atomic E-state index is -0.165. The van der Waals surface area contributed by atoms with Crippen LogP contribution in [0.3, 0.4) is 0 Å². The largest absolute Gasteiger partial charge is 0.308 e. The monoisotopic (exact) mass is 650 g/mol. The summed E-state index contributed by atoms with van der Waals surface area (Å²) in [5.41, 5.74) is 17.8. The molecular formula is C44H38N6. The Bertz CT molecular complexity index is 2420. The summed E-state index contributed by atoms with van der Waals surface area (Å²) in [6.07, 6.45) is 3.95. The highest BCUT2D eigenvalue weighted by atomic mass is 15.2. The van der Waals surface area contributed by atoms with Crippen LogP contribution in [0.5, 0.6) is 0 Å². The molecule has 10 rings (SSSR count). The second-order valence-electron chi connectivity index (χ2n) is 14.9. The van der Waals surface area contributed by atoms with Gasteiger partial charge >= 0.3 is 0 Å². The molecule has 6 heteroatoms. The lowest BCUT2D eigenvalue weighted by Gasteiger charge is -2.43. The van der Waals surface area contributed by atoms with E-state index >= 15 is 0 Å². The Morgan fingerprint density at radius 1 is 0.400 bits per heavy atom. The third kappa shape index (κ3) is 3.58. The smallest absolute Gasteiger partial charge is 0.181 e. The molecule has 0 radical (unpaired) electrons. The summed E-state index contributed by atoms with van der Waals surface area (Å²) in [6, 6.07) is 40.2. The van der Waals surface area contributed by atoms with Gasteiger partial charge in [-0.25, -0.2) is 9.97 Å². The first-order valence-corrected chi connectivity index (χ1v) is 17.4. The van der Waals surface area contributed by atoms with Crippen LogP contribution in [0, 0.1) is 13.8 Å². The van der Waals surface area contributed by atoms with Gasteiger partial charge in [0, 0.05) is 34.6 Å². The number of aromatic nitrogens is 4. The zero-order valence-electron chi connectivity index (χ0n) is 29.2. The van der Waals surface area contributed by atoms with E-state index in [4.69, 9.17) is 9.97 Å². The van der Waals surface area contributed by atoms with Gasteiger partial charge in [0.2, 0.25) is 0 Å². The fourth-order valence-electron chi connectivity index (χ4n) is 8.97. The molecule has 0 unspecified atom stereocenters. The fraction of sp³-hybridized carbons (Fsp3) is 0.182. The van der Waals surface area contributed by atoms with Crippen LogP contribution >= 0.6 is 0 Å². The van der Waals surface area contributed by atoms with Crippen LogP contribution in [0.2, 0.25) is 0 Å². The molecule has 0 bridgehead atoms. The lowest BCUT2D eigenvalue weighted by molar-refractivity contribution is 0.631. The minimum Gasteiger partial charge on any atom is -0.308 e. The number of hydrogen-bond donors (Lipinski definition) is 0. The maximum atomic E-state index is 4.99. The van der Waals surface area contributed by atoms with E-state index in [1.54, 1.807) is 0 Å². The summed E-state index contributed by atoms with van der Waals surface area (Å²) in [7, 11) is 0. The Morgan fingerprint density at radius 3 is 1.02 bits per heavy atom. The van der Waals surface area contributed by atoms with E-state index in [2.05, 4.69) is 169 Å². The van der Waals surface area contributed by atoms with Crippen molar-refractivity contribution in [3.63, 3.8) is 0 Å². The molecule has 0 saturated heterocycles. The van der Waals surface area contributed by atoms with Gasteiger partial charge in [-0.15, -0.1) is 0 Å². The summed E-state index contributed by atoms with van der Waals surface area (Å²) < 4.78 is 4.65. The zero-order valence-corrected chi connectivity index (χ0v) is 29.2. The summed E-state index contributed by atoms with van der Waals surface area (Å²) in [4.78, 5) is 14.9. The van der Waals surface area contributed by atoms with Crippen molar-refractivity contribution in [1.82, 2.24) is 18.8 Å². The number of fused-ring (bicyclic) bond motifs is 10. The second-order valence-corrected chi connectivity index (χ2v) is 14.9. The van der Waals surface area contributed by atoms with Crippen molar-refractivity contribution in [2.45, 2.75) is 52.4 Å². The molecule has 0 atom stereocenters. The summed E-state index contributed by atoms with van der Waals surface area (Å²) >= 11 is 0. The molecule has 8 aromatic rings. The standard InChI is InChI=1S/C44H38N6/c1-27-25-45-41-42-46-26-28(2)48(42)40-38(50-35-21-13-9-17-31(35)44(5,6)32-18-10-14-22-36(32)50)24-23-37(39(40)47(27)41)49-33-19-11-7-15-29(33)43(3,4)30-16-8-12-20-34(30)49/h7-26H,1-6H3. The van der Waals surface area contributed by atoms with Crippen LogP contribution < -0.4 is 9.80 Å². The molecule has 3 aromatic heterocycles. The molecule has 50 heavy (non-hydrogen) atoms. The van der Waals surface area contributed by atoms with Crippen molar-refractivity contribution in [2.75, 3.05) is 9.80 Å². The number of nitrogens with zero attached hydrogens (tertiary/aromatic N) is 6. The number of benzene rings is 5. The number of aryl methyl sites for hydroxylation is 2. The molecular weight excluding hydrogens is 613 g/mol. The predicted molar refractivity (Wildman–Crippen MR) is 205 cm³/mol. The molecule has 0 aliphatic carbocycles. The van der Waals surface area contributed by atoms with Gasteiger partial charge in [0.1, 0.15) is 0 Å². The number of para-hydroxylation sites is 4. The first-order valence-electron chi connectivity index (χ1n) is 17.4. The Hall–Kier alpha value is -5.88. The molecule has 5 aromatic carbocycles. The third-order valence-electron chi connectivity index (χ3n) is 11.4. The van der Waals surface area contributed by atoms with Crippen LogP contribution in [0.25, 0.3) is 22.3 Å². The van der Waals surface area contributed by atoms with Crippen molar-refractivity contribution in [1.29, 1.82) is 0 Å². The van der Waals surface area contributed by atoms with Gasteiger partial charge in [-0.1, -0.05) is 100 Å². The normalized spacial score (nSPS) is 15.6. The lowest BCUT2D eigenvalue weighted by atomic mass is 9.73. The quantitative estimate of drug-likeness (QED) is 0.187. The number of hydrogen-bond acceptors (Lipinski definition) is 4. The van der Waals surface area contributed by atoms with Crippen molar-refractivity contribution < 1.29 is 0 Å². The van der Waals surface area contributed by atoms with Crippen molar-refractivity contribution in [3.05, 3.63) is 155 Å². The molecule has 5 heterocycles. The van der Waals surface area contributed by atoms with Gasteiger partial charge in [0.25, 0.3) is 0 Å². The highest BCUT2D eigenvalue weighted by molar-refractivity contribution is 6.08. The van der Waals surface area contributed by atoms with Crippen LogP contribution in [0.15, 0.2) is 122 Å². The van der Waals surface area contributed by atoms with E-state index in [1.165, 1.54) is 45.0 Å². The summed E-state index contributed by atoms with van der Waals surface area (Å²) in [5.74, 6) is 0. The fourth-order valence-corrected chi connectivity index (χ4v) is 8.97. The molecule has 0 saturated carbocycles. The Kier molecular flexibility index (Phi) is 5.73. The Morgan fingerprint density at radius 2 is 0.700 bits per heavy atom. The second kappa shape index (κ2) is 9.85. The van der Waals surface area contributed by atoms with Gasteiger partial charge in [-0.05, 0) is 72.5 Å². The van der Waals surface area contributed by atoms with E-state index in [9.17, 15) is 0 Å². The third-order valence-corrected chi connectivity index (χ3v) is 11.4. The molecule has 0 spiro atoms. The van der Waals surface area contributed by atoms with Crippen LogP contribution in [-0.4, -0.2) is 18.8 Å². The van der Waals surface area contributed by atoms with E-state index in [-0.39, 0.29) is 10.8 Å². The van der Waals surface area contributed by atoms with Crippen LogP contribution in [-0.2, 0) is 10.8 Å². The van der Waals surface area contributed by atoms with Crippen LogP contribution in [0.1, 0.15) is 61.3 Å². The highest BCUT2D eigenvalue weighted by Crippen LogP contribution is 2.56. The molecule has 2 aliphatic rings. The molecule has 6 nitrogen and oxygen atoms in total. The Balaban J connectivity index is 1.40. The molecule has 0 fully saturated rings. The first kappa shape index (κ1) is 29.1. The zero-order chi connectivity index (χ0) is 34.1. The van der Waals surface area contributed by atoms with Crippen molar-refractivity contribution in [3.8, 4) is 0 Å². The average molecular weight is 651 g/mol. The first-order chi connectivity index (χ1) is 24.2. The van der Waals surface area contributed by atoms with Gasteiger partial charge in [-0.3, -0.25) is 8.80 Å². The van der Waals surface area contributed by atoms with E-state index in [0.717, 1.165) is 45.1 Å². The van der Waals surface area contributed by atoms with Crippen molar-refractivity contribution in [2.24, 2.45) is 0 Å². The van der Waals surface area contributed by atoms with Gasteiger partial charge in [0.15, 0.2) is 11.3 Å². The van der Waals surface area contributed by atoms with Crippen LogP contribution in [0.4, 0.5) is 34.1 Å². The maximum absolute atomic E-state index is 4.99. The van der Waals surface area contributed by atoms with Crippen molar-refractivity contribution >= 4 is 56.5 Å². The SMILES string of the molecule is Cc1cnc2c3ncc(C)n3c3c(N4c5ccccc5C(C)(C)c5ccccc54)ccc(N4c5ccccc5C(C)(C)c5ccccc54)c3n12. The Labute approximate surface area is 291 Å². The molecule has 244 valence electrons. The predicted octanol–water partition coefficient (Wildman–Crippen LogP) is 11.0. The molecule has 0 N–H and O–H groups in total.